The number of nitrogens with one attached hydrogen (secondary N) is 1. The average molecular weight is 390 g/mol. The number of hydrogen-bond donors (Lipinski definition) is 1. The number of aromatic nitrogens is 2. The molecule has 3 heterocycles. The second kappa shape index (κ2) is 9.43. The molecule has 1 aromatic heterocycles. The van der Waals surface area contributed by atoms with E-state index in [1.54, 1.807) is 14.0 Å². The van der Waals surface area contributed by atoms with Crippen molar-refractivity contribution in [2.24, 2.45) is 0 Å². The minimum Gasteiger partial charge on any atom is -0.383 e. The van der Waals surface area contributed by atoms with Crippen LogP contribution in [0.4, 0.5) is 0 Å². The molecule has 0 bridgehead atoms. The Morgan fingerprint density at radius 3 is 2.93 bits per heavy atom. The number of piperidine rings is 1. The van der Waals surface area contributed by atoms with Crippen molar-refractivity contribution in [3.8, 4) is 0 Å². The summed E-state index contributed by atoms with van der Waals surface area (Å²) in [6.07, 6.45) is 5.77. The summed E-state index contributed by atoms with van der Waals surface area (Å²) in [7, 11) is 1.63. The molecule has 2 amide bonds. The molecule has 0 unspecified atom stereocenters. The van der Waals surface area contributed by atoms with Crippen LogP contribution in [-0.4, -0.2) is 71.0 Å². The Morgan fingerprint density at radius 2 is 2.18 bits per heavy atom. The SMILES string of the molecule is COC[C@@H](C)NC(=O)CN1CCCC[C@H]1c1ncc2c(n1)CCN(C(C)=O)C2. The number of fused-ring (bicyclic) bond motifs is 1. The third-order valence-corrected chi connectivity index (χ3v) is 5.48. The largest absolute Gasteiger partial charge is 0.383 e. The molecule has 0 spiro atoms. The molecule has 0 saturated carbocycles. The Kier molecular flexibility index (Phi) is 6.96. The summed E-state index contributed by atoms with van der Waals surface area (Å²) in [5.74, 6) is 0.890. The summed E-state index contributed by atoms with van der Waals surface area (Å²) in [4.78, 5) is 37.5. The molecule has 8 heteroatoms. The highest BCUT2D eigenvalue weighted by Gasteiger charge is 2.29. The summed E-state index contributed by atoms with van der Waals surface area (Å²) in [6.45, 7) is 6.53. The monoisotopic (exact) mass is 389 g/mol. The molecule has 0 aromatic carbocycles. The normalized spacial score (nSPS) is 21.1. The van der Waals surface area contributed by atoms with Crippen LogP contribution in [0.3, 0.4) is 0 Å². The first-order valence-electron chi connectivity index (χ1n) is 10.1. The third-order valence-electron chi connectivity index (χ3n) is 5.48. The van der Waals surface area contributed by atoms with Crippen molar-refractivity contribution in [2.75, 3.05) is 33.4 Å². The first-order valence-corrected chi connectivity index (χ1v) is 10.1. The summed E-state index contributed by atoms with van der Waals surface area (Å²) in [5.41, 5.74) is 2.06. The number of carbonyl (C=O) groups excluding carboxylic acids is 2. The number of hydrogen-bond acceptors (Lipinski definition) is 6. The average Bonchev–Trinajstić information content (AvgIpc) is 2.67. The van der Waals surface area contributed by atoms with Gasteiger partial charge in [-0.2, -0.15) is 0 Å². The highest BCUT2D eigenvalue weighted by atomic mass is 16.5. The molecular formula is C20H31N5O3. The van der Waals surface area contributed by atoms with E-state index in [-0.39, 0.29) is 23.9 Å². The summed E-state index contributed by atoms with van der Waals surface area (Å²) in [5, 5.41) is 2.98. The van der Waals surface area contributed by atoms with E-state index in [0.717, 1.165) is 49.3 Å². The quantitative estimate of drug-likeness (QED) is 0.783. The standard InChI is InChI=1S/C20H31N5O3/c1-14(13-28-3)22-19(27)12-25-8-5-4-6-18(25)20-21-10-16-11-24(15(2)26)9-7-17(16)23-20/h10,14,18H,4-9,11-13H2,1-3H3,(H,22,27)/t14-,18+/m1/s1. The van der Waals surface area contributed by atoms with E-state index in [1.807, 2.05) is 18.0 Å². The van der Waals surface area contributed by atoms with E-state index < -0.39 is 0 Å². The zero-order valence-corrected chi connectivity index (χ0v) is 17.1. The zero-order valence-electron chi connectivity index (χ0n) is 17.1. The molecule has 2 atom stereocenters. The third kappa shape index (κ3) is 5.05. The van der Waals surface area contributed by atoms with Crippen molar-refractivity contribution >= 4 is 11.8 Å². The van der Waals surface area contributed by atoms with Gasteiger partial charge in [-0.1, -0.05) is 6.42 Å². The predicted molar refractivity (Wildman–Crippen MR) is 104 cm³/mol. The van der Waals surface area contributed by atoms with Crippen molar-refractivity contribution in [1.82, 2.24) is 25.1 Å². The van der Waals surface area contributed by atoms with Gasteiger partial charge in [-0.15, -0.1) is 0 Å². The van der Waals surface area contributed by atoms with Crippen LogP contribution in [-0.2, 0) is 27.3 Å². The Balaban J connectivity index is 1.68. The van der Waals surface area contributed by atoms with Gasteiger partial charge in [-0.25, -0.2) is 9.97 Å². The Hall–Kier alpha value is -2.06. The number of ether oxygens (including phenoxy) is 1. The van der Waals surface area contributed by atoms with Gasteiger partial charge in [-0.3, -0.25) is 14.5 Å². The van der Waals surface area contributed by atoms with E-state index in [1.165, 1.54) is 0 Å². The molecule has 28 heavy (non-hydrogen) atoms. The van der Waals surface area contributed by atoms with E-state index in [0.29, 0.717) is 26.2 Å². The van der Waals surface area contributed by atoms with Crippen LogP contribution < -0.4 is 5.32 Å². The first kappa shape index (κ1) is 20.7. The smallest absolute Gasteiger partial charge is 0.234 e. The lowest BCUT2D eigenvalue weighted by molar-refractivity contribution is -0.129. The van der Waals surface area contributed by atoms with Gasteiger partial charge in [0.15, 0.2) is 0 Å². The number of carbonyl (C=O) groups is 2. The lowest BCUT2D eigenvalue weighted by Crippen LogP contribution is -2.45. The van der Waals surface area contributed by atoms with Crippen LogP contribution in [0.1, 0.15) is 56.2 Å². The molecule has 0 radical (unpaired) electrons. The molecule has 0 aliphatic carbocycles. The predicted octanol–water partition coefficient (Wildman–Crippen LogP) is 1.06. The van der Waals surface area contributed by atoms with Gasteiger partial charge in [0.1, 0.15) is 5.82 Å². The number of rotatable bonds is 6. The van der Waals surface area contributed by atoms with Crippen LogP contribution in [0.2, 0.25) is 0 Å². The van der Waals surface area contributed by atoms with Crippen molar-refractivity contribution in [3.63, 3.8) is 0 Å². The van der Waals surface area contributed by atoms with Crippen molar-refractivity contribution in [1.29, 1.82) is 0 Å². The fourth-order valence-electron chi connectivity index (χ4n) is 4.03. The van der Waals surface area contributed by atoms with E-state index >= 15 is 0 Å². The molecule has 3 rings (SSSR count). The molecule has 154 valence electrons. The maximum absolute atomic E-state index is 12.4. The Morgan fingerprint density at radius 1 is 1.36 bits per heavy atom. The number of amides is 2. The van der Waals surface area contributed by atoms with Gasteiger partial charge < -0.3 is 15.0 Å². The molecule has 8 nitrogen and oxygen atoms in total. The first-order chi connectivity index (χ1) is 13.5. The van der Waals surface area contributed by atoms with E-state index in [4.69, 9.17) is 9.72 Å². The van der Waals surface area contributed by atoms with Gasteiger partial charge in [0.2, 0.25) is 11.8 Å². The van der Waals surface area contributed by atoms with Gasteiger partial charge in [-0.05, 0) is 26.3 Å². The summed E-state index contributed by atoms with van der Waals surface area (Å²) in [6, 6.07) is 0.0540. The van der Waals surface area contributed by atoms with Gasteiger partial charge in [0, 0.05) is 51.3 Å². The topological polar surface area (TPSA) is 87.7 Å². The van der Waals surface area contributed by atoms with Crippen molar-refractivity contribution in [3.05, 3.63) is 23.3 Å². The van der Waals surface area contributed by atoms with Crippen LogP contribution in [0.15, 0.2) is 6.20 Å². The number of nitrogens with zero attached hydrogens (tertiary/aromatic N) is 4. The lowest BCUT2D eigenvalue weighted by Gasteiger charge is -2.35. The van der Waals surface area contributed by atoms with Crippen LogP contribution >= 0.6 is 0 Å². The van der Waals surface area contributed by atoms with E-state index in [2.05, 4.69) is 15.2 Å². The van der Waals surface area contributed by atoms with Crippen LogP contribution in [0.25, 0.3) is 0 Å². The highest BCUT2D eigenvalue weighted by molar-refractivity contribution is 5.78. The maximum Gasteiger partial charge on any atom is 0.234 e. The number of methoxy groups -OCH3 is 1. The Labute approximate surface area is 166 Å². The fourth-order valence-corrected chi connectivity index (χ4v) is 4.03. The van der Waals surface area contributed by atoms with Gasteiger partial charge in [0.25, 0.3) is 0 Å². The summed E-state index contributed by atoms with van der Waals surface area (Å²) >= 11 is 0. The zero-order chi connectivity index (χ0) is 20.1. The van der Waals surface area contributed by atoms with E-state index in [9.17, 15) is 9.59 Å². The molecular weight excluding hydrogens is 358 g/mol. The molecule has 2 aliphatic heterocycles. The lowest BCUT2D eigenvalue weighted by atomic mass is 10.0. The van der Waals surface area contributed by atoms with Crippen molar-refractivity contribution < 1.29 is 14.3 Å². The van der Waals surface area contributed by atoms with Crippen LogP contribution in [0.5, 0.6) is 0 Å². The van der Waals surface area contributed by atoms with Gasteiger partial charge >= 0.3 is 0 Å². The second-order valence-corrected chi connectivity index (χ2v) is 7.80. The molecule has 1 aromatic rings. The molecule has 1 fully saturated rings. The molecule has 1 saturated heterocycles. The van der Waals surface area contributed by atoms with Crippen LogP contribution in [0, 0.1) is 0 Å². The Bertz CT molecular complexity index is 711. The fraction of sp³-hybridized carbons (Fsp3) is 0.700. The second-order valence-electron chi connectivity index (χ2n) is 7.80. The maximum atomic E-state index is 12.4. The van der Waals surface area contributed by atoms with Crippen molar-refractivity contribution in [2.45, 2.75) is 58.2 Å². The molecule has 2 aliphatic rings. The summed E-state index contributed by atoms with van der Waals surface area (Å²) < 4.78 is 5.09. The minimum atomic E-state index is -0.00930. The number of likely N-dealkylation sites (tertiary alicyclic amines) is 1. The highest BCUT2D eigenvalue weighted by Crippen LogP contribution is 2.29. The molecule has 1 N–H and O–H groups in total. The minimum absolute atomic E-state index is 0.00603. The van der Waals surface area contributed by atoms with Gasteiger partial charge in [0.05, 0.1) is 24.9 Å².